The summed E-state index contributed by atoms with van der Waals surface area (Å²) in [6, 6.07) is 3.04. The van der Waals surface area contributed by atoms with Crippen molar-refractivity contribution in [1.82, 2.24) is 25.0 Å². The number of likely N-dealkylation sites (N-methyl/N-ethyl adjacent to an activating group) is 1. The molecular weight excluding hydrogens is 568 g/mol. The summed E-state index contributed by atoms with van der Waals surface area (Å²) in [7, 11) is 1.81. The van der Waals surface area contributed by atoms with Gasteiger partial charge in [0.1, 0.15) is 5.60 Å². The van der Waals surface area contributed by atoms with E-state index in [4.69, 9.17) is 27.1 Å². The number of nitrogens with one attached hydrogen (secondary N) is 1. The summed E-state index contributed by atoms with van der Waals surface area (Å²) in [5, 5.41) is 14.5. The van der Waals surface area contributed by atoms with Gasteiger partial charge in [-0.3, -0.25) is 14.7 Å². The minimum Gasteiger partial charge on any atom is -0.447 e. The number of carbonyl (C=O) groups is 2. The molecule has 230 valence electrons. The molecule has 43 heavy (non-hydrogen) atoms. The molecule has 2 fully saturated rings. The first kappa shape index (κ1) is 30.8. The first-order valence-electron chi connectivity index (χ1n) is 14.8. The van der Waals surface area contributed by atoms with Gasteiger partial charge in [-0.2, -0.15) is 0 Å². The number of hydrogen-bond donors (Lipinski definition) is 3. The van der Waals surface area contributed by atoms with Crippen LogP contribution in [0.2, 0.25) is 0 Å². The second-order valence-corrected chi connectivity index (χ2v) is 12.3. The molecular formula is C32H41ClN6O4. The van der Waals surface area contributed by atoms with Crippen molar-refractivity contribution in [3.8, 4) is 0 Å². The van der Waals surface area contributed by atoms with Crippen LogP contribution in [-0.2, 0) is 9.53 Å². The Morgan fingerprint density at radius 1 is 1.26 bits per heavy atom. The number of nitrogens with two attached hydrogens (primary N) is 1. The number of halogens is 1. The van der Waals surface area contributed by atoms with Crippen molar-refractivity contribution in [3.05, 3.63) is 82.1 Å². The Morgan fingerprint density at radius 2 is 1.98 bits per heavy atom. The summed E-state index contributed by atoms with van der Waals surface area (Å²) in [5.74, 6) is -0.445. The Labute approximate surface area is 258 Å². The van der Waals surface area contributed by atoms with Crippen LogP contribution in [0.3, 0.4) is 0 Å². The summed E-state index contributed by atoms with van der Waals surface area (Å²) >= 11 is 6.71. The molecule has 1 aromatic rings. The van der Waals surface area contributed by atoms with Crippen molar-refractivity contribution in [3.63, 3.8) is 0 Å². The van der Waals surface area contributed by atoms with Crippen LogP contribution >= 0.6 is 11.6 Å². The van der Waals surface area contributed by atoms with Gasteiger partial charge in [0.15, 0.2) is 0 Å². The van der Waals surface area contributed by atoms with E-state index >= 15 is 0 Å². The Bertz CT molecular complexity index is 1400. The Balaban J connectivity index is 1.60. The van der Waals surface area contributed by atoms with Crippen molar-refractivity contribution in [1.29, 1.82) is 0 Å². The van der Waals surface area contributed by atoms with Gasteiger partial charge in [-0.1, -0.05) is 24.2 Å². The fourth-order valence-corrected chi connectivity index (χ4v) is 6.17. The molecule has 0 radical (unpaired) electrons. The first-order chi connectivity index (χ1) is 20.6. The van der Waals surface area contributed by atoms with E-state index < -0.39 is 17.6 Å². The molecule has 10 nitrogen and oxygen atoms in total. The highest BCUT2D eigenvalue weighted by atomic mass is 35.5. The molecule has 4 N–H and O–H groups in total. The van der Waals surface area contributed by atoms with Crippen molar-refractivity contribution in [2.45, 2.75) is 63.3 Å². The van der Waals surface area contributed by atoms with Crippen molar-refractivity contribution in [2.75, 3.05) is 33.2 Å². The third kappa shape index (κ3) is 6.37. The summed E-state index contributed by atoms with van der Waals surface area (Å²) in [4.78, 5) is 36.7. The molecule has 2 amide bonds. The fraction of sp³-hybridized carbons (Fsp3) is 0.469. The van der Waals surface area contributed by atoms with E-state index in [1.54, 1.807) is 22.2 Å². The lowest BCUT2D eigenvalue weighted by molar-refractivity contribution is -0.131. The number of amides is 2. The van der Waals surface area contributed by atoms with Crippen molar-refractivity contribution < 1.29 is 19.4 Å². The van der Waals surface area contributed by atoms with Gasteiger partial charge >= 0.3 is 6.09 Å². The molecule has 2 atom stereocenters. The molecule has 0 bridgehead atoms. The normalized spacial score (nSPS) is 22.4. The second-order valence-electron chi connectivity index (χ2n) is 11.8. The van der Waals surface area contributed by atoms with E-state index in [0.29, 0.717) is 62.6 Å². The topological polar surface area (TPSA) is 124 Å². The highest BCUT2D eigenvalue weighted by molar-refractivity contribution is 6.30. The third-order valence-corrected chi connectivity index (χ3v) is 8.81. The molecule has 1 saturated carbocycles. The molecule has 1 aromatic heterocycles. The van der Waals surface area contributed by atoms with Gasteiger partial charge in [0.05, 0.1) is 29.6 Å². The average molecular weight is 609 g/mol. The maximum atomic E-state index is 13.3. The number of allylic oxidation sites excluding steroid dienone is 2. The van der Waals surface area contributed by atoms with Gasteiger partial charge in [-0.05, 0) is 86.2 Å². The quantitative estimate of drug-likeness (QED) is 0.407. The van der Waals surface area contributed by atoms with Crippen LogP contribution in [0.5, 0.6) is 0 Å². The lowest BCUT2D eigenvalue weighted by Crippen LogP contribution is -2.50. The molecule has 1 saturated heterocycles. The smallest absolute Gasteiger partial charge is 0.410 e. The fourth-order valence-electron chi connectivity index (χ4n) is 5.97. The van der Waals surface area contributed by atoms with E-state index in [-0.39, 0.29) is 18.2 Å². The summed E-state index contributed by atoms with van der Waals surface area (Å²) in [6.45, 7) is 9.94. The van der Waals surface area contributed by atoms with Gasteiger partial charge < -0.3 is 30.7 Å². The molecule has 5 rings (SSSR count). The van der Waals surface area contributed by atoms with E-state index in [0.717, 1.165) is 28.0 Å². The predicted octanol–water partition coefficient (Wildman–Crippen LogP) is 3.78. The Kier molecular flexibility index (Phi) is 9.01. The summed E-state index contributed by atoms with van der Waals surface area (Å²) in [6.07, 6.45) is 10.6. The van der Waals surface area contributed by atoms with E-state index in [1.807, 2.05) is 45.2 Å². The number of rotatable bonds is 8. The first-order valence-corrected chi connectivity index (χ1v) is 15.2. The zero-order valence-electron chi connectivity index (χ0n) is 25.1. The van der Waals surface area contributed by atoms with Crippen LogP contribution in [0.1, 0.15) is 56.8 Å². The van der Waals surface area contributed by atoms with Crippen LogP contribution in [0.25, 0.3) is 6.08 Å². The highest BCUT2D eigenvalue weighted by Crippen LogP contribution is 2.46. The van der Waals surface area contributed by atoms with Crippen molar-refractivity contribution >= 4 is 29.7 Å². The monoisotopic (exact) mass is 608 g/mol. The third-order valence-electron chi connectivity index (χ3n) is 8.52. The largest absolute Gasteiger partial charge is 0.447 e. The predicted molar refractivity (Wildman–Crippen MR) is 166 cm³/mol. The minimum atomic E-state index is -1.38. The maximum absolute atomic E-state index is 13.3. The van der Waals surface area contributed by atoms with Gasteiger partial charge in [-0.25, -0.2) is 4.79 Å². The number of carbonyl (C=O) groups excluding carboxylic acids is 2. The van der Waals surface area contributed by atoms with Gasteiger partial charge in [-0.15, -0.1) is 0 Å². The molecule has 2 heterocycles. The van der Waals surface area contributed by atoms with E-state index in [1.165, 1.54) is 6.20 Å². The molecule has 0 aromatic carbocycles. The number of hydrogen-bond acceptors (Lipinski definition) is 8. The Morgan fingerprint density at radius 3 is 2.60 bits per heavy atom. The number of piperazine rings is 1. The number of nitrogens with zero attached hydrogens (tertiary/aromatic N) is 4. The van der Waals surface area contributed by atoms with Gasteiger partial charge in [0.2, 0.25) is 0 Å². The molecule has 3 aliphatic carbocycles. The van der Waals surface area contributed by atoms with Crippen LogP contribution in [0.15, 0.2) is 70.8 Å². The van der Waals surface area contributed by atoms with Crippen LogP contribution in [0, 0.1) is 0 Å². The van der Waals surface area contributed by atoms with E-state index in [9.17, 15) is 14.7 Å². The zero-order chi connectivity index (χ0) is 30.9. The van der Waals surface area contributed by atoms with Crippen LogP contribution in [0.4, 0.5) is 4.79 Å². The number of ether oxygens (including phenoxy) is 1. The SMILES string of the molecule is C=CN(C)/C(=C\N)C(NC(=O)C1(O)CC1)C1=Cc2cccnc2C(N2CCN(C(=O)OC(C)C)CC2)C2=C1C=C(Cl)CC2. The molecule has 0 spiro atoms. The minimum absolute atomic E-state index is 0.171. The van der Waals surface area contributed by atoms with Gasteiger partial charge in [0, 0.05) is 50.7 Å². The Hall–Kier alpha value is -3.60. The lowest BCUT2D eigenvalue weighted by Gasteiger charge is -2.41. The number of aliphatic hydroxyl groups is 1. The number of fused-ring (bicyclic) bond motifs is 1. The number of aromatic nitrogens is 1. The van der Waals surface area contributed by atoms with Crippen LogP contribution in [-0.4, -0.2) is 87.8 Å². The standard InChI is InChI=1S/C32H41ClN6O4/c1-5-37(4)26(19-34)28(36-30(40)32(42)10-11-32)25-17-21-7-6-12-35-27(21)29(23-9-8-22(33)18-24(23)25)38-13-15-39(16-14-38)31(41)43-20(2)3/h5-7,12,17-20,28-29,42H,1,8-11,13-16,34H2,2-4H3,(H,36,40)/b26-19-. The highest BCUT2D eigenvalue weighted by Gasteiger charge is 2.49. The average Bonchev–Trinajstić information content (AvgIpc) is 3.77. The summed E-state index contributed by atoms with van der Waals surface area (Å²) in [5.41, 5.74) is 10.0. The molecule has 4 aliphatic rings. The zero-order valence-corrected chi connectivity index (χ0v) is 25.8. The van der Waals surface area contributed by atoms with Crippen molar-refractivity contribution in [2.24, 2.45) is 5.73 Å². The second kappa shape index (κ2) is 12.6. The van der Waals surface area contributed by atoms with E-state index in [2.05, 4.69) is 16.8 Å². The van der Waals surface area contributed by atoms with Crippen LogP contribution < -0.4 is 11.1 Å². The number of pyridine rings is 1. The summed E-state index contributed by atoms with van der Waals surface area (Å²) < 4.78 is 5.44. The molecule has 2 unspecified atom stereocenters. The molecule has 11 heteroatoms. The lowest BCUT2D eigenvalue weighted by atomic mass is 9.84. The molecule has 1 aliphatic heterocycles. The maximum Gasteiger partial charge on any atom is 0.410 e. The van der Waals surface area contributed by atoms with Gasteiger partial charge in [0.25, 0.3) is 5.91 Å².